The first-order chi connectivity index (χ1) is 47.3. The molecule has 510 valence electrons. The number of halogens is 4. The number of urea groups is 2. The molecule has 2 aliphatic carbocycles. The molecule has 0 saturated carbocycles. The van der Waals surface area contributed by atoms with Crippen LogP contribution in [0.4, 0.5) is 32.3 Å². The lowest BCUT2D eigenvalue weighted by atomic mass is 9.93. The van der Waals surface area contributed by atoms with Gasteiger partial charge in [0.2, 0.25) is 0 Å². The largest absolute Gasteiger partial charge is 0.479 e. The molecule has 0 aromatic heterocycles. The van der Waals surface area contributed by atoms with Gasteiger partial charge in [-0.05, 0) is 181 Å². The number of carboxylic acids is 2. The Morgan fingerprint density at radius 3 is 1.08 bits per heavy atom. The van der Waals surface area contributed by atoms with E-state index in [1.807, 2.05) is 60.7 Å². The van der Waals surface area contributed by atoms with Crippen LogP contribution in [0.5, 0.6) is 0 Å². The summed E-state index contributed by atoms with van der Waals surface area (Å²) in [4.78, 5) is 76.3. The monoisotopic (exact) mass is 1400 g/mol. The summed E-state index contributed by atoms with van der Waals surface area (Å²) in [7, 11) is 0. The Labute approximate surface area is 590 Å². The van der Waals surface area contributed by atoms with Gasteiger partial charge < -0.3 is 52.3 Å². The molecule has 2 atom stereocenters. The highest BCUT2D eigenvalue weighted by Gasteiger charge is 2.22. The molecule has 0 heterocycles. The van der Waals surface area contributed by atoms with E-state index in [1.165, 1.54) is 48.0 Å². The van der Waals surface area contributed by atoms with Gasteiger partial charge in [0.25, 0.3) is 11.8 Å². The molecule has 0 saturated heterocycles. The molecule has 0 spiro atoms. The number of hydrogen-bond acceptors (Lipinski definition) is 10. The maximum absolute atomic E-state index is 13.5. The lowest BCUT2D eigenvalue weighted by Gasteiger charge is -2.24. The lowest BCUT2D eigenvalue weighted by Crippen LogP contribution is -2.36. The molecule has 0 unspecified atom stereocenters. The van der Waals surface area contributed by atoms with Gasteiger partial charge in [0.05, 0.1) is 26.2 Å². The van der Waals surface area contributed by atoms with E-state index >= 15 is 0 Å². The summed E-state index contributed by atoms with van der Waals surface area (Å²) in [6, 6.07) is 58.6. The van der Waals surface area contributed by atoms with Gasteiger partial charge in [-0.3, -0.25) is 19.4 Å². The van der Waals surface area contributed by atoms with Crippen molar-refractivity contribution < 1.29 is 49.2 Å². The first-order valence-corrected chi connectivity index (χ1v) is 33.6. The molecule has 10 rings (SSSR count). The molecule has 6 amide bonds. The quantitative estimate of drug-likeness (QED) is 0.0240. The van der Waals surface area contributed by atoms with Crippen molar-refractivity contribution in [2.24, 2.45) is 0 Å². The number of carboxylic acid groups (broad SMARTS) is 2. The molecule has 10 N–H and O–H groups in total. The standard InChI is InChI=1S/2C30H29Cl2N3O5.C16H20N2/c2*31-23-14-24(32)16-25(15-23)34-30(40)35(26-12-10-21(11-13-26)20-4-2-1-3-5-20)18-19-6-8-22(9-7-19)28(37)33-17-27(36)29(38)39;1-3-7-15(8-4-1)13-17-11-12-18-14-16-9-5-2-6-10-16/h2*4,6-16,27,36H,1-3,5,17-18H2,(H,33,37)(H,34,40)(H,38,39);1-10,17-18H,11-14H2/t2*27-;/m11./s1. The minimum Gasteiger partial charge on any atom is -0.479 e. The number of allylic oxidation sites excluding steroid dienone is 4. The number of aliphatic hydroxyl groups excluding tert-OH is 2. The van der Waals surface area contributed by atoms with Gasteiger partial charge in [0, 0.05) is 80.1 Å². The third-order valence-corrected chi connectivity index (χ3v) is 16.7. The number of aliphatic carboxylic acids is 2. The number of hydrogen-bond donors (Lipinski definition) is 10. The Morgan fingerprint density at radius 1 is 0.418 bits per heavy atom. The van der Waals surface area contributed by atoms with Crippen LogP contribution in [-0.4, -0.2) is 94.6 Å². The Balaban J connectivity index is 0.000000201. The molecule has 8 aromatic carbocycles. The minimum atomic E-state index is -1.69. The molecular weight excluding hydrogens is 1330 g/mol. The fourth-order valence-corrected chi connectivity index (χ4v) is 11.6. The number of anilines is 4. The van der Waals surface area contributed by atoms with E-state index < -0.39 is 61.1 Å². The summed E-state index contributed by atoms with van der Waals surface area (Å²) in [5, 5.41) is 55.2. The van der Waals surface area contributed by atoms with Crippen LogP contribution in [0.2, 0.25) is 20.1 Å². The maximum Gasteiger partial charge on any atom is 0.334 e. The van der Waals surface area contributed by atoms with Gasteiger partial charge in [-0.2, -0.15) is 0 Å². The number of carbonyl (C=O) groups excluding carboxylic acids is 4. The molecule has 22 heteroatoms. The molecule has 18 nitrogen and oxygen atoms in total. The highest BCUT2D eigenvalue weighted by Crippen LogP contribution is 2.32. The van der Waals surface area contributed by atoms with Crippen LogP contribution in [0.1, 0.15) is 105 Å². The number of amides is 6. The number of carbonyl (C=O) groups is 6. The summed E-state index contributed by atoms with van der Waals surface area (Å²) in [6.07, 6.45) is 10.1. The van der Waals surface area contributed by atoms with Crippen LogP contribution in [0.25, 0.3) is 11.1 Å². The molecule has 0 aliphatic heterocycles. The predicted octanol–water partition coefficient (Wildman–Crippen LogP) is 15.3. The van der Waals surface area contributed by atoms with E-state index in [1.54, 1.807) is 94.7 Å². The summed E-state index contributed by atoms with van der Waals surface area (Å²) < 4.78 is 0. The summed E-state index contributed by atoms with van der Waals surface area (Å²) >= 11 is 24.5. The smallest absolute Gasteiger partial charge is 0.334 e. The fourth-order valence-electron chi connectivity index (χ4n) is 10.6. The van der Waals surface area contributed by atoms with Crippen LogP contribution in [-0.2, 0) is 35.8 Å². The first kappa shape index (κ1) is 74.5. The zero-order chi connectivity index (χ0) is 69.8. The molecule has 0 bridgehead atoms. The Hall–Kier alpha value is -9.34. The van der Waals surface area contributed by atoms with Crippen molar-refractivity contribution >= 4 is 116 Å². The number of rotatable bonds is 25. The predicted molar refractivity (Wildman–Crippen MR) is 390 cm³/mol. The average Bonchev–Trinajstić information content (AvgIpc) is 0.839. The highest BCUT2D eigenvalue weighted by molar-refractivity contribution is 6.35. The van der Waals surface area contributed by atoms with Gasteiger partial charge in [0.15, 0.2) is 12.2 Å². The van der Waals surface area contributed by atoms with Crippen molar-refractivity contribution in [3.05, 3.63) is 271 Å². The van der Waals surface area contributed by atoms with Crippen LogP contribution in [0, 0.1) is 0 Å². The van der Waals surface area contributed by atoms with E-state index in [4.69, 9.17) is 56.6 Å². The van der Waals surface area contributed by atoms with Crippen LogP contribution in [0.15, 0.2) is 206 Å². The van der Waals surface area contributed by atoms with Gasteiger partial charge in [-0.15, -0.1) is 0 Å². The van der Waals surface area contributed by atoms with Crippen molar-refractivity contribution in [1.29, 1.82) is 0 Å². The maximum atomic E-state index is 13.5. The van der Waals surface area contributed by atoms with Crippen LogP contribution in [0.3, 0.4) is 0 Å². The lowest BCUT2D eigenvalue weighted by molar-refractivity contribution is -0.147. The van der Waals surface area contributed by atoms with E-state index in [-0.39, 0.29) is 24.2 Å². The zero-order valence-electron chi connectivity index (χ0n) is 53.7. The van der Waals surface area contributed by atoms with Gasteiger partial charge in [-0.1, -0.05) is 168 Å². The molecule has 0 radical (unpaired) electrons. The van der Waals surface area contributed by atoms with E-state index in [2.05, 4.69) is 92.6 Å². The topological polar surface area (TPSA) is 262 Å². The summed E-state index contributed by atoms with van der Waals surface area (Å²) in [5.41, 5.74) is 11.9. The highest BCUT2D eigenvalue weighted by atomic mass is 35.5. The third kappa shape index (κ3) is 24.3. The van der Waals surface area contributed by atoms with Gasteiger partial charge >= 0.3 is 24.0 Å². The Morgan fingerprint density at radius 2 is 0.765 bits per heavy atom. The summed E-state index contributed by atoms with van der Waals surface area (Å²) in [5.74, 6) is -3.88. The average molecular weight is 1410 g/mol. The van der Waals surface area contributed by atoms with Gasteiger partial charge in [-0.25, -0.2) is 19.2 Å². The number of nitrogens with one attached hydrogen (secondary N) is 6. The molecule has 2 aliphatic rings. The second kappa shape index (κ2) is 38.6. The number of aliphatic hydroxyl groups is 2. The summed E-state index contributed by atoms with van der Waals surface area (Å²) in [6.45, 7) is 3.42. The van der Waals surface area contributed by atoms with E-state index in [0.717, 1.165) is 74.1 Å². The number of nitrogens with zero attached hydrogens (tertiary/aromatic N) is 2. The Kier molecular flexibility index (Phi) is 29.3. The second-order valence-electron chi connectivity index (χ2n) is 23.2. The van der Waals surface area contributed by atoms with Crippen LogP contribution < -0.4 is 41.7 Å². The van der Waals surface area contributed by atoms with E-state index in [9.17, 15) is 39.0 Å². The Bertz CT molecular complexity index is 3720. The van der Waals surface area contributed by atoms with Crippen molar-refractivity contribution in [3.63, 3.8) is 0 Å². The van der Waals surface area contributed by atoms with Crippen molar-refractivity contribution in [1.82, 2.24) is 21.3 Å². The SMILES string of the molecule is O=C(NC[C@@H](O)C(=O)O)c1ccc(CN(C(=O)Nc2cc(Cl)cc(Cl)c2)c2ccc(C3=CCCCC3)cc2)cc1.O=C(NC[C@@H](O)C(=O)O)c1ccc(CN(C(=O)Nc2cc(Cl)cc(Cl)c2)c2ccc(C3=CCCCC3)cc2)cc1.c1ccc(CNCCNCc2ccccc2)cc1. The van der Waals surface area contributed by atoms with Crippen molar-refractivity contribution in [2.75, 3.05) is 46.6 Å². The normalized spacial score (nSPS) is 13.0. The van der Waals surface area contributed by atoms with E-state index in [0.29, 0.717) is 42.8 Å². The third-order valence-electron chi connectivity index (χ3n) is 15.8. The molecule has 8 aromatic rings. The van der Waals surface area contributed by atoms with Crippen LogP contribution >= 0.6 is 46.4 Å². The zero-order valence-corrected chi connectivity index (χ0v) is 56.8. The van der Waals surface area contributed by atoms with Crippen molar-refractivity contribution in [2.45, 2.75) is 89.8 Å². The minimum absolute atomic E-state index is 0.196. The van der Waals surface area contributed by atoms with Gasteiger partial charge in [0.1, 0.15) is 0 Å². The number of benzene rings is 8. The first-order valence-electron chi connectivity index (χ1n) is 32.1. The van der Waals surface area contributed by atoms with Crippen molar-refractivity contribution in [3.8, 4) is 0 Å². The fraction of sp³-hybridized carbons (Fsp3) is 0.237. The molecular formula is C76H78Cl4N8O10. The molecule has 0 fully saturated rings. The molecule has 98 heavy (non-hydrogen) atoms. The second-order valence-corrected chi connectivity index (χ2v) is 25.0.